The predicted octanol–water partition coefficient (Wildman–Crippen LogP) is 3.73. The largest absolute Gasteiger partial charge is 0.497 e. The third-order valence-corrected chi connectivity index (χ3v) is 5.96. The van der Waals surface area contributed by atoms with Crippen molar-refractivity contribution in [2.24, 2.45) is 0 Å². The summed E-state index contributed by atoms with van der Waals surface area (Å²) >= 11 is 0. The average Bonchev–Trinajstić information content (AvgIpc) is 3.08. The van der Waals surface area contributed by atoms with Crippen LogP contribution in [0.15, 0.2) is 47.6 Å². The molecule has 2 heterocycles. The van der Waals surface area contributed by atoms with Crippen molar-refractivity contribution in [2.75, 3.05) is 25.6 Å². The highest BCUT2D eigenvalue weighted by Crippen LogP contribution is 2.34. The number of fused-ring (bicyclic) bond motifs is 2. The second-order valence-electron chi connectivity index (χ2n) is 6.50. The number of nitrogens with zero attached hydrogens (tertiary/aromatic N) is 2. The molecule has 4 rings (SSSR count). The highest BCUT2D eigenvalue weighted by Gasteiger charge is 2.20. The lowest BCUT2D eigenvalue weighted by atomic mass is 9.97. The van der Waals surface area contributed by atoms with Gasteiger partial charge in [-0.1, -0.05) is 24.3 Å². The van der Waals surface area contributed by atoms with E-state index in [2.05, 4.69) is 47.0 Å². The highest BCUT2D eigenvalue weighted by molar-refractivity contribution is 7.84. The van der Waals surface area contributed by atoms with E-state index in [1.165, 1.54) is 16.8 Å². The van der Waals surface area contributed by atoms with Gasteiger partial charge in [0.15, 0.2) is 5.16 Å². The minimum absolute atomic E-state index is 0.428. The summed E-state index contributed by atoms with van der Waals surface area (Å²) in [6.07, 6.45) is 2.22. The molecule has 3 aromatic rings. The molecule has 0 saturated heterocycles. The van der Waals surface area contributed by atoms with Crippen molar-refractivity contribution in [3.05, 3.63) is 53.6 Å². The molecule has 0 spiro atoms. The number of imidazole rings is 1. The van der Waals surface area contributed by atoms with Crippen LogP contribution in [0.2, 0.25) is 0 Å². The second kappa shape index (κ2) is 6.61. The van der Waals surface area contributed by atoms with Crippen LogP contribution in [0.25, 0.3) is 16.6 Å². The summed E-state index contributed by atoms with van der Waals surface area (Å²) in [5.74, 6) is 1.18. The van der Waals surface area contributed by atoms with Crippen molar-refractivity contribution in [1.29, 1.82) is 0 Å². The summed E-state index contributed by atoms with van der Waals surface area (Å²) in [5, 5.41) is 0.497. The molecule has 1 atom stereocenters. The maximum atomic E-state index is 13.0. The van der Waals surface area contributed by atoms with Gasteiger partial charge in [0.2, 0.25) is 0 Å². The maximum absolute atomic E-state index is 13.0. The standard InChI is InChI=1S/C20H21N3O2S/c1-13-9-10-23(2)19-14(5-4-6-16(13)19)12-26(24)20-21-17-8-7-15(25-3)11-18(17)22-20/h4-9,11H,10,12H2,1-3H3,(H,21,22). The summed E-state index contributed by atoms with van der Waals surface area (Å²) < 4.78 is 18.2. The van der Waals surface area contributed by atoms with Crippen molar-refractivity contribution < 1.29 is 8.95 Å². The molecule has 1 N–H and O–H groups in total. The molecule has 1 aliphatic heterocycles. The number of H-pyrrole nitrogens is 1. The molecule has 0 amide bonds. The molecule has 0 radical (unpaired) electrons. The first-order valence-electron chi connectivity index (χ1n) is 8.49. The number of nitrogens with one attached hydrogen (secondary N) is 1. The van der Waals surface area contributed by atoms with Gasteiger partial charge in [0, 0.05) is 30.9 Å². The Labute approximate surface area is 155 Å². The quantitative estimate of drug-likeness (QED) is 0.763. The van der Waals surface area contributed by atoms with Crippen LogP contribution in [0, 0.1) is 0 Å². The molecule has 0 fully saturated rings. The number of likely N-dealkylation sites (N-methyl/N-ethyl adjacent to an activating group) is 1. The lowest BCUT2D eigenvalue weighted by molar-refractivity contribution is 0.415. The van der Waals surface area contributed by atoms with Crippen LogP contribution >= 0.6 is 0 Å². The van der Waals surface area contributed by atoms with Crippen LogP contribution in [0.4, 0.5) is 5.69 Å². The summed E-state index contributed by atoms with van der Waals surface area (Å²) in [6.45, 7) is 2.99. The number of hydrogen-bond donors (Lipinski definition) is 1. The lowest BCUT2D eigenvalue weighted by Crippen LogP contribution is -2.23. The third-order valence-electron chi connectivity index (χ3n) is 4.77. The first-order chi connectivity index (χ1) is 12.6. The van der Waals surface area contributed by atoms with Crippen molar-refractivity contribution >= 4 is 33.1 Å². The molecular weight excluding hydrogens is 346 g/mol. The summed E-state index contributed by atoms with van der Waals surface area (Å²) in [4.78, 5) is 9.87. The van der Waals surface area contributed by atoms with Gasteiger partial charge in [0.05, 0.1) is 34.7 Å². The van der Waals surface area contributed by atoms with Crippen molar-refractivity contribution in [1.82, 2.24) is 9.97 Å². The molecule has 0 bridgehead atoms. The number of methoxy groups -OCH3 is 1. The molecule has 1 aliphatic rings. The van der Waals surface area contributed by atoms with Crippen molar-refractivity contribution in [2.45, 2.75) is 17.8 Å². The van der Waals surface area contributed by atoms with Gasteiger partial charge in [-0.25, -0.2) is 4.98 Å². The number of para-hydroxylation sites is 1. The third kappa shape index (κ3) is 2.90. The zero-order valence-corrected chi connectivity index (χ0v) is 15.9. The van der Waals surface area contributed by atoms with Gasteiger partial charge in [-0.15, -0.1) is 0 Å². The molecule has 2 aromatic carbocycles. The van der Waals surface area contributed by atoms with Crippen LogP contribution in [-0.4, -0.2) is 34.9 Å². The van der Waals surface area contributed by atoms with E-state index < -0.39 is 10.8 Å². The monoisotopic (exact) mass is 367 g/mol. The smallest absolute Gasteiger partial charge is 0.197 e. The molecule has 1 aromatic heterocycles. The van der Waals surface area contributed by atoms with Crippen molar-refractivity contribution in [3.63, 3.8) is 0 Å². The second-order valence-corrected chi connectivity index (χ2v) is 7.86. The Bertz CT molecular complexity index is 1040. The molecule has 0 aliphatic carbocycles. The first-order valence-corrected chi connectivity index (χ1v) is 9.81. The van der Waals surface area contributed by atoms with Crippen LogP contribution < -0.4 is 9.64 Å². The topological polar surface area (TPSA) is 58.2 Å². The fraction of sp³-hybridized carbons (Fsp3) is 0.250. The van der Waals surface area contributed by atoms with Gasteiger partial charge >= 0.3 is 0 Å². The SMILES string of the molecule is COc1ccc2nc(S(=O)Cc3cccc4c3N(C)CC=C4C)[nH]c2c1. The van der Waals surface area contributed by atoms with E-state index in [0.717, 1.165) is 28.9 Å². The number of benzene rings is 2. The molecule has 26 heavy (non-hydrogen) atoms. The zero-order chi connectivity index (χ0) is 18.3. The number of ether oxygens (including phenoxy) is 1. The molecule has 6 heteroatoms. The summed E-state index contributed by atoms with van der Waals surface area (Å²) in [6, 6.07) is 11.8. The number of hydrogen-bond acceptors (Lipinski definition) is 4. The van der Waals surface area contributed by atoms with Crippen LogP contribution in [0.5, 0.6) is 5.75 Å². The lowest BCUT2D eigenvalue weighted by Gasteiger charge is -2.28. The average molecular weight is 367 g/mol. The van der Waals surface area contributed by atoms with Crippen molar-refractivity contribution in [3.8, 4) is 5.75 Å². The van der Waals surface area contributed by atoms with E-state index >= 15 is 0 Å². The Kier molecular flexibility index (Phi) is 4.28. The van der Waals surface area contributed by atoms with E-state index in [4.69, 9.17) is 4.74 Å². The van der Waals surface area contributed by atoms with Gasteiger partial charge in [0.1, 0.15) is 5.75 Å². The highest BCUT2D eigenvalue weighted by atomic mass is 32.2. The number of aromatic amines is 1. The van der Waals surface area contributed by atoms with Gasteiger partial charge < -0.3 is 14.6 Å². The van der Waals surface area contributed by atoms with Crippen LogP contribution in [0.1, 0.15) is 18.1 Å². The Morgan fingerprint density at radius 2 is 2.15 bits per heavy atom. The van der Waals surface area contributed by atoms with Gasteiger partial charge in [-0.2, -0.15) is 0 Å². The van der Waals surface area contributed by atoms with E-state index in [9.17, 15) is 4.21 Å². The fourth-order valence-corrected chi connectivity index (χ4v) is 4.44. The van der Waals surface area contributed by atoms with E-state index in [-0.39, 0.29) is 0 Å². The first kappa shape index (κ1) is 16.8. The number of aromatic nitrogens is 2. The number of anilines is 1. The number of allylic oxidation sites excluding steroid dienone is 1. The summed E-state index contributed by atoms with van der Waals surface area (Å²) in [5.41, 5.74) is 6.34. The van der Waals surface area contributed by atoms with E-state index in [1.807, 2.05) is 24.3 Å². The Balaban J connectivity index is 1.67. The molecule has 5 nitrogen and oxygen atoms in total. The van der Waals surface area contributed by atoms with Gasteiger partial charge in [0.25, 0.3) is 0 Å². The predicted molar refractivity (Wildman–Crippen MR) is 106 cm³/mol. The van der Waals surface area contributed by atoms with Gasteiger partial charge in [-0.3, -0.25) is 4.21 Å². The molecular formula is C20H21N3O2S. The molecule has 1 unspecified atom stereocenters. The fourth-order valence-electron chi connectivity index (χ4n) is 3.36. The van der Waals surface area contributed by atoms with Crippen LogP contribution in [0.3, 0.4) is 0 Å². The molecule has 134 valence electrons. The molecule has 0 saturated carbocycles. The number of rotatable bonds is 4. The Morgan fingerprint density at radius 3 is 2.96 bits per heavy atom. The Morgan fingerprint density at radius 1 is 1.31 bits per heavy atom. The van der Waals surface area contributed by atoms with E-state index in [1.54, 1.807) is 7.11 Å². The maximum Gasteiger partial charge on any atom is 0.197 e. The van der Waals surface area contributed by atoms with Gasteiger partial charge in [-0.05, 0) is 30.2 Å². The Hall–Kier alpha value is -2.60. The zero-order valence-electron chi connectivity index (χ0n) is 15.1. The van der Waals surface area contributed by atoms with E-state index in [0.29, 0.717) is 10.9 Å². The summed E-state index contributed by atoms with van der Waals surface area (Å²) in [7, 11) is 2.44. The minimum Gasteiger partial charge on any atom is -0.497 e. The van der Waals surface area contributed by atoms with Crippen LogP contribution in [-0.2, 0) is 16.6 Å². The normalized spacial score (nSPS) is 14.9. The minimum atomic E-state index is -1.25.